The first-order valence-corrected chi connectivity index (χ1v) is 7.79. The van der Waals surface area contributed by atoms with Gasteiger partial charge in [0, 0.05) is 23.9 Å². The monoisotopic (exact) mass is 336 g/mol. The Kier molecular flexibility index (Phi) is 5.04. The highest BCUT2D eigenvalue weighted by Gasteiger charge is 2.10. The van der Waals surface area contributed by atoms with E-state index in [0.29, 0.717) is 17.9 Å². The van der Waals surface area contributed by atoms with Gasteiger partial charge in [-0.05, 0) is 60.2 Å². The molecule has 1 heterocycles. The number of halogens is 1. The van der Waals surface area contributed by atoms with Crippen molar-refractivity contribution in [3.8, 4) is 17.0 Å². The van der Waals surface area contributed by atoms with Gasteiger partial charge in [-0.1, -0.05) is 6.07 Å². The Bertz CT molecular complexity index is 862. The number of hydrogen-bond donors (Lipinski definition) is 1. The summed E-state index contributed by atoms with van der Waals surface area (Å²) in [6.07, 6.45) is 1.67. The molecule has 0 atom stereocenters. The van der Waals surface area contributed by atoms with Crippen LogP contribution in [0.25, 0.3) is 11.3 Å². The minimum atomic E-state index is -0.297. The molecule has 5 heteroatoms. The van der Waals surface area contributed by atoms with Gasteiger partial charge in [0.15, 0.2) is 0 Å². The van der Waals surface area contributed by atoms with E-state index in [1.165, 1.54) is 12.1 Å². The predicted octanol–water partition coefficient (Wildman–Crippen LogP) is 3.83. The highest BCUT2D eigenvalue weighted by Crippen LogP contribution is 2.21. The van der Waals surface area contributed by atoms with Crippen molar-refractivity contribution < 1.29 is 13.9 Å². The van der Waals surface area contributed by atoms with Gasteiger partial charge >= 0.3 is 0 Å². The van der Waals surface area contributed by atoms with E-state index >= 15 is 0 Å². The molecule has 1 aromatic heterocycles. The molecular weight excluding hydrogens is 319 g/mol. The number of pyridine rings is 1. The number of carbonyl (C=O) groups excluding carboxylic acids is 1. The van der Waals surface area contributed by atoms with E-state index in [4.69, 9.17) is 4.74 Å². The van der Waals surface area contributed by atoms with Gasteiger partial charge in [-0.2, -0.15) is 0 Å². The zero-order valence-electron chi connectivity index (χ0n) is 13.7. The third-order valence-electron chi connectivity index (χ3n) is 3.80. The Labute approximate surface area is 145 Å². The van der Waals surface area contributed by atoms with Crippen molar-refractivity contribution in [1.82, 2.24) is 10.3 Å². The maximum Gasteiger partial charge on any atom is 0.251 e. The Morgan fingerprint density at radius 3 is 2.48 bits per heavy atom. The van der Waals surface area contributed by atoms with E-state index in [1.54, 1.807) is 49.7 Å². The van der Waals surface area contributed by atoms with Gasteiger partial charge in [0.2, 0.25) is 0 Å². The van der Waals surface area contributed by atoms with Crippen LogP contribution in [-0.2, 0) is 6.54 Å². The fraction of sp³-hybridized carbons (Fsp3) is 0.100. The quantitative estimate of drug-likeness (QED) is 0.770. The molecule has 3 rings (SSSR count). The highest BCUT2D eigenvalue weighted by atomic mass is 19.1. The second-order valence-corrected chi connectivity index (χ2v) is 5.43. The Hall–Kier alpha value is -3.21. The summed E-state index contributed by atoms with van der Waals surface area (Å²) in [5.41, 5.74) is 2.93. The summed E-state index contributed by atoms with van der Waals surface area (Å²) in [5, 5.41) is 2.88. The Balaban J connectivity index is 1.74. The second kappa shape index (κ2) is 7.57. The summed E-state index contributed by atoms with van der Waals surface area (Å²) in [7, 11) is 1.58. The smallest absolute Gasteiger partial charge is 0.251 e. The molecule has 0 radical (unpaired) electrons. The standard InChI is InChI=1S/C20H17FN2O2/c1-25-18-10-6-15(7-11-18)20(24)23-13-16-3-2-12-22-19(16)14-4-8-17(21)9-5-14/h2-12H,13H2,1H3,(H,23,24). The lowest BCUT2D eigenvalue weighted by molar-refractivity contribution is 0.0951. The van der Waals surface area contributed by atoms with E-state index < -0.39 is 0 Å². The lowest BCUT2D eigenvalue weighted by atomic mass is 10.1. The zero-order chi connectivity index (χ0) is 17.6. The largest absolute Gasteiger partial charge is 0.497 e. The fourth-order valence-electron chi connectivity index (χ4n) is 2.47. The number of ether oxygens (including phenoxy) is 1. The molecule has 0 aliphatic rings. The van der Waals surface area contributed by atoms with Gasteiger partial charge in [-0.3, -0.25) is 9.78 Å². The van der Waals surface area contributed by atoms with Gasteiger partial charge in [0.05, 0.1) is 12.8 Å². The topological polar surface area (TPSA) is 51.2 Å². The van der Waals surface area contributed by atoms with Gasteiger partial charge in [-0.15, -0.1) is 0 Å². The van der Waals surface area contributed by atoms with Crippen LogP contribution < -0.4 is 10.1 Å². The van der Waals surface area contributed by atoms with Crippen LogP contribution in [0.2, 0.25) is 0 Å². The summed E-state index contributed by atoms with van der Waals surface area (Å²) < 4.78 is 18.2. The van der Waals surface area contributed by atoms with Gasteiger partial charge in [0.1, 0.15) is 11.6 Å². The number of amides is 1. The van der Waals surface area contributed by atoms with Crippen molar-refractivity contribution in [1.29, 1.82) is 0 Å². The van der Waals surface area contributed by atoms with Crippen LogP contribution in [0.1, 0.15) is 15.9 Å². The Morgan fingerprint density at radius 2 is 1.80 bits per heavy atom. The number of aromatic nitrogens is 1. The van der Waals surface area contributed by atoms with Crippen LogP contribution in [0, 0.1) is 5.82 Å². The average Bonchev–Trinajstić information content (AvgIpc) is 2.67. The number of hydrogen-bond acceptors (Lipinski definition) is 3. The minimum absolute atomic E-state index is 0.184. The first-order valence-electron chi connectivity index (χ1n) is 7.79. The summed E-state index contributed by atoms with van der Waals surface area (Å²) >= 11 is 0. The highest BCUT2D eigenvalue weighted by molar-refractivity contribution is 5.94. The molecule has 0 aliphatic heterocycles. The number of rotatable bonds is 5. The molecule has 3 aromatic rings. The number of carbonyl (C=O) groups is 1. The summed E-state index contributed by atoms with van der Waals surface area (Å²) in [5.74, 6) is 0.216. The summed E-state index contributed by atoms with van der Waals surface area (Å²) in [6.45, 7) is 0.325. The minimum Gasteiger partial charge on any atom is -0.497 e. The molecule has 2 aromatic carbocycles. The molecule has 25 heavy (non-hydrogen) atoms. The van der Waals surface area contributed by atoms with Crippen molar-refractivity contribution in [3.05, 3.63) is 83.8 Å². The van der Waals surface area contributed by atoms with Crippen molar-refractivity contribution >= 4 is 5.91 Å². The van der Waals surface area contributed by atoms with E-state index in [2.05, 4.69) is 10.3 Å². The normalized spacial score (nSPS) is 10.3. The maximum absolute atomic E-state index is 13.1. The van der Waals surface area contributed by atoms with Crippen molar-refractivity contribution in [3.63, 3.8) is 0 Å². The van der Waals surface area contributed by atoms with Gasteiger partial charge in [0.25, 0.3) is 5.91 Å². The molecular formula is C20H17FN2O2. The SMILES string of the molecule is COc1ccc(C(=O)NCc2cccnc2-c2ccc(F)cc2)cc1. The Morgan fingerprint density at radius 1 is 1.08 bits per heavy atom. The van der Waals surface area contributed by atoms with Crippen LogP contribution in [-0.4, -0.2) is 18.0 Å². The second-order valence-electron chi connectivity index (χ2n) is 5.43. The van der Waals surface area contributed by atoms with Gasteiger partial charge in [-0.25, -0.2) is 4.39 Å². The molecule has 126 valence electrons. The maximum atomic E-state index is 13.1. The zero-order valence-corrected chi connectivity index (χ0v) is 13.7. The molecule has 0 aliphatic carbocycles. The van der Waals surface area contributed by atoms with Crippen molar-refractivity contribution in [2.75, 3.05) is 7.11 Å². The number of nitrogens with zero attached hydrogens (tertiary/aromatic N) is 1. The fourth-order valence-corrected chi connectivity index (χ4v) is 2.47. The molecule has 0 saturated heterocycles. The first-order chi connectivity index (χ1) is 12.2. The van der Waals surface area contributed by atoms with Crippen LogP contribution in [0.4, 0.5) is 4.39 Å². The van der Waals surface area contributed by atoms with Gasteiger partial charge < -0.3 is 10.1 Å². The van der Waals surface area contributed by atoms with Crippen LogP contribution in [0.15, 0.2) is 66.9 Å². The summed E-state index contributed by atoms with van der Waals surface area (Å²) in [4.78, 5) is 16.6. The van der Waals surface area contributed by atoms with E-state index in [-0.39, 0.29) is 11.7 Å². The number of methoxy groups -OCH3 is 1. The van der Waals surface area contributed by atoms with Crippen LogP contribution in [0.3, 0.4) is 0 Å². The molecule has 1 amide bonds. The third-order valence-corrected chi connectivity index (χ3v) is 3.80. The third kappa shape index (κ3) is 4.01. The lowest BCUT2D eigenvalue weighted by Crippen LogP contribution is -2.23. The molecule has 0 bridgehead atoms. The summed E-state index contributed by atoms with van der Waals surface area (Å²) in [6, 6.07) is 16.7. The molecule has 1 N–H and O–H groups in total. The molecule has 0 saturated carbocycles. The molecule has 0 spiro atoms. The molecule has 0 fully saturated rings. The van der Waals surface area contributed by atoms with E-state index in [0.717, 1.165) is 16.8 Å². The van der Waals surface area contributed by atoms with E-state index in [1.807, 2.05) is 12.1 Å². The predicted molar refractivity (Wildman–Crippen MR) is 93.8 cm³/mol. The lowest BCUT2D eigenvalue weighted by Gasteiger charge is -2.10. The number of nitrogens with one attached hydrogen (secondary N) is 1. The van der Waals surface area contributed by atoms with Crippen molar-refractivity contribution in [2.45, 2.75) is 6.54 Å². The van der Waals surface area contributed by atoms with Crippen LogP contribution in [0.5, 0.6) is 5.75 Å². The van der Waals surface area contributed by atoms with E-state index in [9.17, 15) is 9.18 Å². The number of benzene rings is 2. The molecule has 0 unspecified atom stereocenters. The van der Waals surface area contributed by atoms with Crippen molar-refractivity contribution in [2.24, 2.45) is 0 Å². The average molecular weight is 336 g/mol. The molecule has 4 nitrogen and oxygen atoms in total. The van der Waals surface area contributed by atoms with Crippen LogP contribution >= 0.6 is 0 Å². The first kappa shape index (κ1) is 16.6.